The molecule has 0 fully saturated rings. The van der Waals surface area contributed by atoms with Crippen molar-refractivity contribution in [1.29, 1.82) is 0 Å². The molecule has 0 radical (unpaired) electrons. The largest absolute Gasteiger partial charge is 0.350 e. The van der Waals surface area contributed by atoms with Crippen LogP contribution in [0.15, 0.2) is 47.7 Å². The Bertz CT molecular complexity index is 866. The van der Waals surface area contributed by atoms with E-state index in [2.05, 4.69) is 15.5 Å². The predicted octanol–water partition coefficient (Wildman–Crippen LogP) is -0.457. The third-order valence-electron chi connectivity index (χ3n) is 3.04. The quantitative estimate of drug-likeness (QED) is 0.384. The number of benzene rings is 1. The molecule has 8 nitrogen and oxygen atoms in total. The normalized spacial score (nSPS) is 10.7. The summed E-state index contributed by atoms with van der Waals surface area (Å²) in [7, 11) is 0. The summed E-state index contributed by atoms with van der Waals surface area (Å²) < 4.78 is 2.72. The van der Waals surface area contributed by atoms with Gasteiger partial charge >= 0.3 is 5.69 Å². The molecule has 0 saturated carbocycles. The lowest BCUT2D eigenvalue weighted by atomic mass is 10.1. The van der Waals surface area contributed by atoms with Gasteiger partial charge in [-0.15, -0.1) is 5.10 Å². The van der Waals surface area contributed by atoms with Gasteiger partial charge in [0.1, 0.15) is 0 Å². The van der Waals surface area contributed by atoms with Crippen molar-refractivity contribution in [1.82, 2.24) is 24.6 Å². The minimum absolute atomic E-state index is 0.256. The molecule has 8 heteroatoms. The smallest absolute Gasteiger partial charge is 0.290 e. The summed E-state index contributed by atoms with van der Waals surface area (Å²) in [5.41, 5.74) is 3.47. The molecule has 3 N–H and O–H groups in total. The summed E-state index contributed by atoms with van der Waals surface area (Å²) in [6.07, 6.45) is 4.59. The van der Waals surface area contributed by atoms with Crippen molar-refractivity contribution in [3.05, 3.63) is 64.5 Å². The fraction of sp³-hybridized carbons (Fsp3) is 0.0769. The number of carbonyl (C=O) groups is 1. The topological polar surface area (TPSA) is 107 Å². The number of nitrogens with zero attached hydrogens (tertiary/aromatic N) is 4. The maximum Gasteiger partial charge on any atom is 0.350 e. The van der Waals surface area contributed by atoms with Crippen LogP contribution in [-0.2, 0) is 6.54 Å². The predicted molar refractivity (Wildman–Crippen MR) is 74.4 cm³/mol. The molecule has 106 valence electrons. The number of fused-ring (bicyclic) bond motifs is 1. The van der Waals surface area contributed by atoms with E-state index in [1.807, 2.05) is 6.07 Å². The van der Waals surface area contributed by atoms with Crippen LogP contribution >= 0.6 is 0 Å². The highest BCUT2D eigenvalue weighted by molar-refractivity contribution is 5.93. The Kier molecular flexibility index (Phi) is 3.20. The lowest BCUT2D eigenvalue weighted by molar-refractivity contribution is 0.0953. The molecule has 0 atom stereocenters. The summed E-state index contributed by atoms with van der Waals surface area (Å²) in [6.45, 7) is 0.256. The standard InChI is InChI=1S/C13H12N6O2/c14-16-12(20)10-3-1-2-9(6-10)8-19-13(21)18-5-4-15-7-11(18)17-19/h1-7H,8,14H2,(H,16,20). The van der Waals surface area contributed by atoms with E-state index in [9.17, 15) is 9.59 Å². The van der Waals surface area contributed by atoms with Crippen LogP contribution in [0.4, 0.5) is 0 Å². The Morgan fingerprint density at radius 1 is 1.38 bits per heavy atom. The number of rotatable bonds is 3. The summed E-state index contributed by atoms with van der Waals surface area (Å²) >= 11 is 0. The molecule has 3 aromatic rings. The molecule has 0 aliphatic heterocycles. The van der Waals surface area contributed by atoms with E-state index in [1.165, 1.54) is 21.5 Å². The van der Waals surface area contributed by atoms with Crippen molar-refractivity contribution >= 4 is 11.6 Å². The van der Waals surface area contributed by atoms with Gasteiger partial charge in [-0.1, -0.05) is 12.1 Å². The molecule has 2 aromatic heterocycles. The molecule has 21 heavy (non-hydrogen) atoms. The average Bonchev–Trinajstić information content (AvgIpc) is 2.83. The molecule has 2 heterocycles. The molecule has 1 amide bonds. The van der Waals surface area contributed by atoms with Crippen molar-refractivity contribution in [2.24, 2.45) is 5.84 Å². The second-order valence-corrected chi connectivity index (χ2v) is 4.42. The molecule has 0 bridgehead atoms. The van der Waals surface area contributed by atoms with Crippen LogP contribution in [0.25, 0.3) is 5.65 Å². The average molecular weight is 284 g/mol. The number of hydrazine groups is 1. The monoisotopic (exact) mass is 284 g/mol. The van der Waals surface area contributed by atoms with Crippen LogP contribution in [0, 0.1) is 0 Å². The van der Waals surface area contributed by atoms with Crippen molar-refractivity contribution in [3.8, 4) is 0 Å². The molecular formula is C13H12N6O2. The van der Waals surface area contributed by atoms with Crippen LogP contribution in [0.1, 0.15) is 15.9 Å². The Hall–Kier alpha value is -3.00. The van der Waals surface area contributed by atoms with Gasteiger partial charge < -0.3 is 0 Å². The van der Waals surface area contributed by atoms with Crippen LogP contribution in [0.2, 0.25) is 0 Å². The maximum absolute atomic E-state index is 12.1. The Balaban J connectivity index is 1.97. The molecule has 1 aromatic carbocycles. The Morgan fingerprint density at radius 2 is 2.24 bits per heavy atom. The fourth-order valence-electron chi connectivity index (χ4n) is 2.05. The summed E-state index contributed by atoms with van der Waals surface area (Å²) in [5.74, 6) is 4.72. The van der Waals surface area contributed by atoms with E-state index in [4.69, 9.17) is 5.84 Å². The lowest BCUT2D eigenvalue weighted by Gasteiger charge is -2.03. The lowest BCUT2D eigenvalue weighted by Crippen LogP contribution is -2.30. The molecule has 0 saturated heterocycles. The van der Waals surface area contributed by atoms with Gasteiger partial charge in [0.05, 0.1) is 12.7 Å². The summed E-state index contributed by atoms with van der Waals surface area (Å²) in [5, 5.41) is 4.18. The highest BCUT2D eigenvalue weighted by Gasteiger charge is 2.09. The van der Waals surface area contributed by atoms with Crippen LogP contribution in [0.5, 0.6) is 0 Å². The van der Waals surface area contributed by atoms with Gasteiger partial charge in [-0.25, -0.2) is 19.7 Å². The van der Waals surface area contributed by atoms with Crippen molar-refractivity contribution in [3.63, 3.8) is 0 Å². The molecule has 0 unspecified atom stereocenters. The zero-order valence-electron chi connectivity index (χ0n) is 10.9. The van der Waals surface area contributed by atoms with Crippen LogP contribution in [0.3, 0.4) is 0 Å². The number of hydrogen-bond donors (Lipinski definition) is 2. The highest BCUT2D eigenvalue weighted by atomic mass is 16.2. The van der Waals surface area contributed by atoms with E-state index < -0.39 is 0 Å². The zero-order chi connectivity index (χ0) is 14.8. The van der Waals surface area contributed by atoms with Gasteiger partial charge in [-0.05, 0) is 17.7 Å². The first-order valence-corrected chi connectivity index (χ1v) is 6.18. The van der Waals surface area contributed by atoms with Gasteiger partial charge in [0, 0.05) is 18.0 Å². The van der Waals surface area contributed by atoms with Crippen LogP contribution < -0.4 is 17.0 Å². The van der Waals surface area contributed by atoms with Gasteiger partial charge in [-0.2, -0.15) is 0 Å². The van der Waals surface area contributed by atoms with E-state index in [1.54, 1.807) is 24.4 Å². The second kappa shape index (κ2) is 5.17. The summed E-state index contributed by atoms with van der Waals surface area (Å²) in [6, 6.07) is 6.84. The maximum atomic E-state index is 12.1. The third-order valence-corrected chi connectivity index (χ3v) is 3.04. The van der Waals surface area contributed by atoms with Crippen LogP contribution in [-0.4, -0.2) is 25.1 Å². The first kappa shape index (κ1) is 13.0. The molecule has 0 aliphatic rings. The number of hydrogen-bond acceptors (Lipinski definition) is 5. The zero-order valence-corrected chi connectivity index (χ0v) is 10.9. The van der Waals surface area contributed by atoms with Crippen molar-refractivity contribution < 1.29 is 4.79 Å². The molecular weight excluding hydrogens is 272 g/mol. The number of nitrogen functional groups attached to an aromatic ring is 1. The van der Waals surface area contributed by atoms with Gasteiger partial charge in [0.2, 0.25) is 0 Å². The van der Waals surface area contributed by atoms with Crippen molar-refractivity contribution in [2.45, 2.75) is 6.54 Å². The SMILES string of the molecule is NNC(=O)c1cccc(Cn2nc3cnccn3c2=O)c1. The first-order valence-electron chi connectivity index (χ1n) is 6.18. The van der Waals surface area contributed by atoms with E-state index >= 15 is 0 Å². The first-order chi connectivity index (χ1) is 10.2. The number of amides is 1. The van der Waals surface area contributed by atoms with Gasteiger partial charge in [0.15, 0.2) is 5.65 Å². The fourth-order valence-corrected chi connectivity index (χ4v) is 2.05. The summed E-state index contributed by atoms with van der Waals surface area (Å²) in [4.78, 5) is 27.6. The Morgan fingerprint density at radius 3 is 3.00 bits per heavy atom. The number of carbonyl (C=O) groups excluding carboxylic acids is 1. The molecule has 0 aliphatic carbocycles. The van der Waals surface area contributed by atoms with E-state index in [0.29, 0.717) is 11.2 Å². The Labute approximate surface area is 118 Å². The van der Waals surface area contributed by atoms with E-state index in [0.717, 1.165) is 5.56 Å². The number of nitrogens with one attached hydrogen (secondary N) is 1. The number of nitrogens with two attached hydrogens (primary N) is 1. The minimum Gasteiger partial charge on any atom is -0.290 e. The minimum atomic E-state index is -0.386. The van der Waals surface area contributed by atoms with Gasteiger partial charge in [0.25, 0.3) is 5.91 Å². The van der Waals surface area contributed by atoms with Gasteiger partial charge in [-0.3, -0.25) is 15.2 Å². The highest BCUT2D eigenvalue weighted by Crippen LogP contribution is 2.06. The third kappa shape index (κ3) is 2.39. The molecule has 3 rings (SSSR count). The van der Waals surface area contributed by atoms with E-state index in [-0.39, 0.29) is 18.1 Å². The second-order valence-electron chi connectivity index (χ2n) is 4.42. The molecule has 0 spiro atoms. The van der Waals surface area contributed by atoms with Crippen molar-refractivity contribution in [2.75, 3.05) is 0 Å². The number of aromatic nitrogens is 4.